The van der Waals surface area contributed by atoms with Crippen molar-refractivity contribution in [3.05, 3.63) is 160 Å². The van der Waals surface area contributed by atoms with Crippen LogP contribution in [-0.4, -0.2) is 65.5 Å². The second-order valence-electron chi connectivity index (χ2n) is 13.5. The van der Waals surface area contributed by atoms with Crippen molar-refractivity contribution < 1.29 is 57.0 Å². The molecule has 5 aromatic carbocycles. The normalized spacial score (nSPS) is 14.6. The maximum absolute atomic E-state index is 14.5. The fraction of sp³-hybridized carbons (Fsp3) is 0. The average molecular weight is 888 g/mol. The van der Waals surface area contributed by atoms with Crippen molar-refractivity contribution in [2.75, 3.05) is 0 Å². The summed E-state index contributed by atoms with van der Waals surface area (Å²) in [7, 11) is -15.8. The Hall–Kier alpha value is -7.74. The summed E-state index contributed by atoms with van der Waals surface area (Å²) in [6, 6.07) is 19.3. The van der Waals surface area contributed by atoms with Gasteiger partial charge in [0, 0.05) is 38.9 Å². The molecule has 3 N–H and O–H groups in total. The van der Waals surface area contributed by atoms with E-state index in [1.54, 1.807) is 6.07 Å². The van der Waals surface area contributed by atoms with E-state index in [0.717, 1.165) is 60.7 Å². The SMILES string of the molecule is N=C1C=Cc2c(cccc2S(=O)(=O)Oc2ccc(C(=O)c3ccccc3)c(OS(=O)(=O)c3cccc4c3C=CC(=N)C4=O)c2OS(=O)(=O)c2cccc3c2C=CC(=N)C3=O)C1=O. The van der Waals surface area contributed by atoms with E-state index < -0.39 is 108 Å². The minimum absolute atomic E-state index is 0.0739. The minimum atomic E-state index is -5.34. The van der Waals surface area contributed by atoms with Crippen molar-refractivity contribution in [3.8, 4) is 17.2 Å². The maximum atomic E-state index is 14.5. The number of carbonyl (C=O) groups excluding carboxylic acids is 4. The Morgan fingerprint density at radius 3 is 1.23 bits per heavy atom. The van der Waals surface area contributed by atoms with Crippen molar-refractivity contribution in [2.24, 2.45) is 0 Å². The number of hydrogen-bond donors (Lipinski definition) is 3. The summed E-state index contributed by atoms with van der Waals surface area (Å²) in [6.07, 6.45) is 6.62. The Kier molecular flexibility index (Phi) is 9.97. The van der Waals surface area contributed by atoms with E-state index in [0.29, 0.717) is 0 Å². The molecule has 0 fully saturated rings. The van der Waals surface area contributed by atoms with Crippen LogP contribution in [0.15, 0.2) is 130 Å². The van der Waals surface area contributed by atoms with Gasteiger partial charge in [0.2, 0.25) is 28.8 Å². The van der Waals surface area contributed by atoms with Gasteiger partial charge in [-0.05, 0) is 48.6 Å². The number of hydrogen-bond acceptors (Lipinski definition) is 16. The van der Waals surface area contributed by atoms with Gasteiger partial charge in [-0.25, -0.2) is 0 Å². The van der Waals surface area contributed by atoms with Gasteiger partial charge in [-0.15, -0.1) is 0 Å². The van der Waals surface area contributed by atoms with Crippen LogP contribution < -0.4 is 12.5 Å². The van der Waals surface area contributed by atoms with Crippen LogP contribution >= 0.6 is 0 Å². The summed E-state index contributed by atoms with van der Waals surface area (Å²) in [5.41, 5.74) is -3.39. The summed E-state index contributed by atoms with van der Waals surface area (Å²) in [4.78, 5) is 50.8. The van der Waals surface area contributed by atoms with Crippen molar-refractivity contribution in [2.45, 2.75) is 14.7 Å². The monoisotopic (exact) mass is 887 g/mol. The van der Waals surface area contributed by atoms with Crippen LogP contribution in [0.25, 0.3) is 18.2 Å². The first-order valence-corrected chi connectivity index (χ1v) is 22.1. The largest absolute Gasteiger partial charge is 0.375 e. The second kappa shape index (κ2) is 15.1. The topological polar surface area (TPSA) is 270 Å². The highest BCUT2D eigenvalue weighted by molar-refractivity contribution is 7.88. The molecule has 5 aromatic rings. The van der Waals surface area contributed by atoms with E-state index in [2.05, 4.69) is 0 Å². The van der Waals surface area contributed by atoms with Crippen molar-refractivity contribution in [1.29, 1.82) is 16.2 Å². The van der Waals surface area contributed by atoms with Gasteiger partial charge in [0.15, 0.2) is 11.5 Å². The van der Waals surface area contributed by atoms with Crippen LogP contribution in [0.4, 0.5) is 0 Å². The Bertz CT molecular complexity index is 3390. The molecular weight excluding hydrogens is 863 g/mol. The Balaban J connectivity index is 1.37. The maximum Gasteiger partial charge on any atom is 0.340 e. The summed E-state index contributed by atoms with van der Waals surface area (Å²) in [6.45, 7) is 0. The number of benzene rings is 5. The van der Waals surface area contributed by atoms with E-state index in [9.17, 15) is 44.4 Å². The molecule has 0 saturated heterocycles. The van der Waals surface area contributed by atoms with Gasteiger partial charge in [-0.1, -0.05) is 85.0 Å². The number of nitrogens with one attached hydrogen (secondary N) is 3. The molecule has 0 aromatic heterocycles. The predicted molar refractivity (Wildman–Crippen MR) is 222 cm³/mol. The highest BCUT2D eigenvalue weighted by Gasteiger charge is 2.37. The summed E-state index contributed by atoms with van der Waals surface area (Å²) < 4.78 is 103. The first-order chi connectivity index (χ1) is 29.4. The number of allylic oxidation sites excluding steroid dienone is 3. The van der Waals surface area contributed by atoms with Gasteiger partial charge in [0.05, 0.1) is 5.56 Å². The third-order valence-corrected chi connectivity index (χ3v) is 13.5. The molecule has 0 bridgehead atoms. The first-order valence-electron chi connectivity index (χ1n) is 17.8. The van der Waals surface area contributed by atoms with Crippen LogP contribution in [-0.2, 0) is 30.4 Å². The van der Waals surface area contributed by atoms with E-state index in [1.165, 1.54) is 66.7 Å². The lowest BCUT2D eigenvalue weighted by Gasteiger charge is -2.21. The minimum Gasteiger partial charge on any atom is -0.375 e. The van der Waals surface area contributed by atoms with E-state index >= 15 is 0 Å². The molecule has 3 aliphatic carbocycles. The molecule has 0 heterocycles. The molecule has 8 rings (SSSR count). The van der Waals surface area contributed by atoms with Gasteiger partial charge >= 0.3 is 30.4 Å². The quantitative estimate of drug-likeness (QED) is 0.103. The fourth-order valence-electron chi connectivity index (χ4n) is 6.73. The number of rotatable bonds is 11. The lowest BCUT2D eigenvalue weighted by atomic mass is 9.95. The smallest absolute Gasteiger partial charge is 0.340 e. The Labute approximate surface area is 352 Å². The van der Waals surface area contributed by atoms with Crippen LogP contribution in [0.5, 0.6) is 17.2 Å². The molecule has 62 heavy (non-hydrogen) atoms. The molecule has 0 aliphatic heterocycles. The standard InChI is InChI=1S/C43H25N3O13S3/c44-31-19-15-24-27(39(31)48)9-4-12-35(24)60(51,52)57-34-22-18-30(38(47)23-7-2-1-3-8-23)42(58-61(53,54)36-13-5-10-28-25(36)16-20-32(45)40(28)49)43(34)59-62(55,56)37-14-6-11-29-26(37)17-21-33(46)41(29)50/h1-22,44-46H. The van der Waals surface area contributed by atoms with Crippen LogP contribution in [0.3, 0.4) is 0 Å². The summed E-state index contributed by atoms with van der Waals surface area (Å²) in [5, 5.41) is 23.7. The van der Waals surface area contributed by atoms with Gasteiger partial charge in [0.25, 0.3) is 0 Å². The number of ketones is 4. The van der Waals surface area contributed by atoms with E-state index in [-0.39, 0.29) is 38.9 Å². The molecule has 0 saturated carbocycles. The molecule has 0 atom stereocenters. The van der Waals surface area contributed by atoms with Crippen LogP contribution in [0, 0.1) is 16.2 Å². The first kappa shape index (κ1) is 41.0. The Morgan fingerprint density at radius 2 is 0.806 bits per heavy atom. The number of Topliss-reactive ketones (excluding diaryl/α,β-unsaturated/α-hetero) is 3. The van der Waals surface area contributed by atoms with Crippen molar-refractivity contribution in [1.82, 2.24) is 0 Å². The molecule has 308 valence electrons. The van der Waals surface area contributed by atoms with Crippen LogP contribution in [0.1, 0.15) is 63.7 Å². The van der Waals surface area contributed by atoms with Gasteiger partial charge in [0.1, 0.15) is 31.8 Å². The van der Waals surface area contributed by atoms with Gasteiger partial charge in [-0.3, -0.25) is 35.4 Å². The zero-order chi connectivity index (χ0) is 44.3. The molecule has 0 radical (unpaired) electrons. The fourth-order valence-corrected chi connectivity index (χ4v) is 10.2. The van der Waals surface area contributed by atoms with Crippen molar-refractivity contribution >= 4 is 88.9 Å². The third kappa shape index (κ3) is 7.08. The zero-order valence-electron chi connectivity index (χ0n) is 31.2. The Morgan fingerprint density at radius 1 is 0.419 bits per heavy atom. The highest BCUT2D eigenvalue weighted by Crippen LogP contribution is 2.46. The molecule has 19 heteroatoms. The van der Waals surface area contributed by atoms with Gasteiger partial charge in [-0.2, -0.15) is 25.3 Å². The van der Waals surface area contributed by atoms with E-state index in [4.69, 9.17) is 28.8 Å². The lowest BCUT2D eigenvalue weighted by Crippen LogP contribution is -2.22. The number of carbonyl (C=O) groups is 4. The van der Waals surface area contributed by atoms with Crippen molar-refractivity contribution in [3.63, 3.8) is 0 Å². The predicted octanol–water partition coefficient (Wildman–Crippen LogP) is 5.91. The molecular formula is C43H25N3O13S3. The third-order valence-electron chi connectivity index (χ3n) is 9.67. The number of fused-ring (bicyclic) bond motifs is 3. The highest BCUT2D eigenvalue weighted by atomic mass is 32.2. The lowest BCUT2D eigenvalue weighted by molar-refractivity contribution is 0.103. The van der Waals surface area contributed by atoms with Crippen LogP contribution in [0.2, 0.25) is 0 Å². The zero-order valence-corrected chi connectivity index (χ0v) is 33.7. The second-order valence-corrected chi connectivity index (χ2v) is 18.0. The summed E-state index contributed by atoms with van der Waals surface area (Å²) >= 11 is 0. The van der Waals surface area contributed by atoms with Gasteiger partial charge < -0.3 is 12.5 Å². The average Bonchev–Trinajstić information content (AvgIpc) is 3.25. The summed E-state index contributed by atoms with van der Waals surface area (Å²) in [5.74, 6) is -6.99. The van der Waals surface area contributed by atoms with E-state index in [1.807, 2.05) is 0 Å². The molecule has 16 nitrogen and oxygen atoms in total. The molecule has 3 aliphatic rings. The molecule has 0 amide bonds. The molecule has 0 spiro atoms. The molecule has 0 unspecified atom stereocenters.